The summed E-state index contributed by atoms with van der Waals surface area (Å²) in [5.74, 6) is -4.94. The Morgan fingerprint density at radius 3 is 1.82 bits per heavy atom. The topological polar surface area (TPSA) is 26.0 Å². The number of alkyl halides is 6. The third-order valence-corrected chi connectivity index (χ3v) is 2.20. The lowest BCUT2D eigenvalue weighted by Crippen LogP contribution is -2.33. The van der Waals surface area contributed by atoms with Crippen LogP contribution < -0.4 is 5.73 Å². The van der Waals surface area contributed by atoms with Crippen LogP contribution in [0, 0.1) is 0 Å². The van der Waals surface area contributed by atoms with E-state index >= 15 is 0 Å². The van der Waals surface area contributed by atoms with E-state index in [4.69, 9.17) is 5.73 Å². The first kappa shape index (κ1) is 13.8. The maximum Gasteiger partial charge on any atom is 0.458 e. The molecule has 1 atom stereocenters. The Morgan fingerprint density at radius 1 is 1.00 bits per heavy atom. The quantitative estimate of drug-likeness (QED) is 0.826. The highest BCUT2D eigenvalue weighted by atomic mass is 19.4. The van der Waals surface area contributed by atoms with Gasteiger partial charge in [0.05, 0.1) is 0 Å². The van der Waals surface area contributed by atoms with Crippen molar-refractivity contribution in [3.63, 3.8) is 0 Å². The second kappa shape index (κ2) is 4.56. The van der Waals surface area contributed by atoms with Crippen molar-refractivity contribution >= 4 is 0 Å². The molecule has 0 bridgehead atoms. The van der Waals surface area contributed by atoms with Gasteiger partial charge in [0.2, 0.25) is 0 Å². The summed E-state index contributed by atoms with van der Waals surface area (Å²) in [5.41, 5.74) is 3.74. The van der Waals surface area contributed by atoms with Crippen LogP contribution in [0.25, 0.3) is 0 Å². The maximum atomic E-state index is 13.0. The Kier molecular flexibility index (Phi) is 3.71. The molecular formula is C10H9F6N. The lowest BCUT2D eigenvalue weighted by atomic mass is 10.0. The zero-order valence-electron chi connectivity index (χ0n) is 8.44. The molecule has 0 aliphatic rings. The molecule has 0 heterocycles. The van der Waals surface area contributed by atoms with Gasteiger partial charge in [-0.1, -0.05) is 24.3 Å². The molecule has 1 nitrogen and oxygen atoms in total. The summed E-state index contributed by atoms with van der Waals surface area (Å²) in [6.45, 7) is -0.366. The van der Waals surface area contributed by atoms with E-state index in [0.29, 0.717) is 12.1 Å². The van der Waals surface area contributed by atoms with E-state index in [1.165, 1.54) is 0 Å². The molecule has 0 saturated heterocycles. The van der Waals surface area contributed by atoms with Crippen molar-refractivity contribution in [2.45, 2.75) is 18.3 Å². The fourth-order valence-corrected chi connectivity index (χ4v) is 1.20. The van der Waals surface area contributed by atoms with Crippen LogP contribution in [0.2, 0.25) is 0 Å². The number of hydrogen-bond donors (Lipinski definition) is 1. The Balaban J connectivity index is 3.03. The summed E-state index contributed by atoms with van der Waals surface area (Å²) in [6.07, 6.45) is -7.25. The van der Waals surface area contributed by atoms with Crippen molar-refractivity contribution in [1.82, 2.24) is 0 Å². The third kappa shape index (κ3) is 2.71. The number of rotatable bonds is 3. The predicted molar refractivity (Wildman–Crippen MR) is 49.3 cm³/mol. The molecule has 0 spiro atoms. The van der Waals surface area contributed by atoms with Gasteiger partial charge in [-0.3, -0.25) is 0 Å². The van der Waals surface area contributed by atoms with Crippen molar-refractivity contribution in [2.75, 3.05) is 6.54 Å². The molecule has 7 heteroatoms. The Labute approximate surface area is 93.2 Å². The van der Waals surface area contributed by atoms with Gasteiger partial charge in [-0.2, -0.15) is 22.0 Å². The van der Waals surface area contributed by atoms with Gasteiger partial charge in [0.15, 0.2) is 0 Å². The van der Waals surface area contributed by atoms with Crippen LogP contribution in [0.5, 0.6) is 0 Å². The van der Waals surface area contributed by atoms with Crippen molar-refractivity contribution in [3.8, 4) is 0 Å². The highest BCUT2D eigenvalue weighted by molar-refractivity contribution is 5.28. The average molecular weight is 257 g/mol. The summed E-state index contributed by atoms with van der Waals surface area (Å²) in [4.78, 5) is 0. The van der Waals surface area contributed by atoms with Crippen molar-refractivity contribution in [2.24, 2.45) is 5.73 Å². The molecule has 0 amide bonds. The van der Waals surface area contributed by atoms with Gasteiger partial charge in [-0.05, 0) is 5.56 Å². The zero-order valence-corrected chi connectivity index (χ0v) is 8.44. The molecule has 1 unspecified atom stereocenters. The lowest BCUT2D eigenvalue weighted by Gasteiger charge is -2.20. The number of benzene rings is 1. The molecule has 0 radical (unpaired) electrons. The minimum Gasteiger partial charge on any atom is -0.327 e. The summed E-state index contributed by atoms with van der Waals surface area (Å²) in [5, 5.41) is 0. The summed E-state index contributed by atoms with van der Waals surface area (Å²) in [7, 11) is 0. The molecule has 0 aliphatic carbocycles. The third-order valence-electron chi connectivity index (χ3n) is 2.20. The summed E-state index contributed by atoms with van der Waals surface area (Å²) >= 11 is 0. The smallest absolute Gasteiger partial charge is 0.327 e. The Morgan fingerprint density at radius 2 is 1.47 bits per heavy atom. The van der Waals surface area contributed by atoms with Crippen LogP contribution in [0.15, 0.2) is 24.3 Å². The normalized spacial score (nSPS) is 14.8. The van der Waals surface area contributed by atoms with Gasteiger partial charge in [-0.15, -0.1) is 0 Å². The standard InChI is InChI=1S/C10H9F6N/c11-8(5-17)6-1-3-7(4-2-6)9(12,13)10(14,15)16/h1-4,8H,5,17H2. The maximum absolute atomic E-state index is 13.0. The highest BCUT2D eigenvalue weighted by Crippen LogP contribution is 2.43. The zero-order chi connectivity index (χ0) is 13.3. The molecule has 1 aromatic carbocycles. The second-order valence-corrected chi connectivity index (χ2v) is 3.40. The van der Waals surface area contributed by atoms with Crippen molar-refractivity contribution in [1.29, 1.82) is 0 Å². The fourth-order valence-electron chi connectivity index (χ4n) is 1.20. The van der Waals surface area contributed by atoms with Crippen LogP contribution in [0.1, 0.15) is 17.3 Å². The molecule has 0 aliphatic heterocycles. The first-order valence-corrected chi connectivity index (χ1v) is 4.59. The van der Waals surface area contributed by atoms with Gasteiger partial charge in [-0.25, -0.2) is 4.39 Å². The number of halogens is 6. The van der Waals surface area contributed by atoms with E-state index in [9.17, 15) is 26.3 Å². The van der Waals surface area contributed by atoms with E-state index in [-0.39, 0.29) is 12.1 Å². The molecule has 2 N–H and O–H groups in total. The van der Waals surface area contributed by atoms with E-state index in [1.54, 1.807) is 0 Å². The van der Waals surface area contributed by atoms with Gasteiger partial charge in [0.25, 0.3) is 0 Å². The molecule has 1 rings (SSSR count). The first-order chi connectivity index (χ1) is 7.70. The van der Waals surface area contributed by atoms with Crippen LogP contribution in [-0.2, 0) is 5.92 Å². The molecule has 0 aromatic heterocycles. The van der Waals surface area contributed by atoms with Crippen LogP contribution >= 0.6 is 0 Å². The molecule has 17 heavy (non-hydrogen) atoms. The minimum atomic E-state index is -5.67. The van der Waals surface area contributed by atoms with Gasteiger partial charge >= 0.3 is 12.1 Å². The molecule has 96 valence electrons. The van der Waals surface area contributed by atoms with Crippen molar-refractivity contribution in [3.05, 3.63) is 35.4 Å². The number of hydrogen-bond acceptors (Lipinski definition) is 1. The lowest BCUT2D eigenvalue weighted by molar-refractivity contribution is -0.289. The largest absolute Gasteiger partial charge is 0.458 e. The van der Waals surface area contributed by atoms with E-state index in [0.717, 1.165) is 12.1 Å². The van der Waals surface area contributed by atoms with Crippen LogP contribution in [0.3, 0.4) is 0 Å². The Hall–Kier alpha value is -1.24. The van der Waals surface area contributed by atoms with Gasteiger partial charge < -0.3 is 5.73 Å². The second-order valence-electron chi connectivity index (χ2n) is 3.40. The molecule has 1 aromatic rings. The molecule has 0 saturated carbocycles. The minimum absolute atomic E-state index is 0.0331. The highest BCUT2D eigenvalue weighted by Gasteiger charge is 2.58. The summed E-state index contributed by atoms with van der Waals surface area (Å²) < 4.78 is 74.7. The number of nitrogens with two attached hydrogens (primary N) is 1. The first-order valence-electron chi connectivity index (χ1n) is 4.59. The van der Waals surface area contributed by atoms with Gasteiger partial charge in [0.1, 0.15) is 6.17 Å². The van der Waals surface area contributed by atoms with E-state index in [1.807, 2.05) is 0 Å². The predicted octanol–water partition coefficient (Wildman–Crippen LogP) is 3.31. The van der Waals surface area contributed by atoms with Crippen LogP contribution in [0.4, 0.5) is 26.3 Å². The summed E-state index contributed by atoms with van der Waals surface area (Å²) in [6, 6.07) is 2.83. The monoisotopic (exact) mass is 257 g/mol. The average Bonchev–Trinajstić information content (AvgIpc) is 2.26. The van der Waals surface area contributed by atoms with Crippen LogP contribution in [-0.4, -0.2) is 12.7 Å². The van der Waals surface area contributed by atoms with E-state index in [2.05, 4.69) is 0 Å². The van der Waals surface area contributed by atoms with Gasteiger partial charge in [0, 0.05) is 12.1 Å². The Bertz CT molecular complexity index is 369. The van der Waals surface area contributed by atoms with Crippen molar-refractivity contribution < 1.29 is 26.3 Å². The fraction of sp³-hybridized carbons (Fsp3) is 0.400. The SMILES string of the molecule is NCC(F)c1ccc(C(F)(F)C(F)(F)F)cc1. The molecular weight excluding hydrogens is 248 g/mol. The van der Waals surface area contributed by atoms with E-state index < -0.39 is 23.8 Å². The molecule has 0 fully saturated rings.